The molecule has 94 valence electrons. The molecule has 0 aliphatic rings. The number of thiophene rings is 1. The van der Waals surface area contributed by atoms with Crippen LogP contribution in [-0.4, -0.2) is 11.9 Å². The van der Waals surface area contributed by atoms with Gasteiger partial charge in [-0.25, -0.2) is 0 Å². The Hall–Kier alpha value is -1.81. The zero-order valence-corrected chi connectivity index (χ0v) is 10.9. The fraction of sp³-hybridized carbons (Fsp3) is 0.214. The fourth-order valence-electron chi connectivity index (χ4n) is 1.62. The van der Waals surface area contributed by atoms with Crippen LogP contribution in [0.4, 0.5) is 0 Å². The molecule has 2 heterocycles. The lowest BCUT2D eigenvalue weighted by atomic mass is 10.2. The van der Waals surface area contributed by atoms with Crippen LogP contribution in [0.15, 0.2) is 46.4 Å². The molecule has 2 aromatic rings. The molecule has 3 nitrogen and oxygen atoms in total. The summed E-state index contributed by atoms with van der Waals surface area (Å²) in [6, 6.07) is 7.74. The first kappa shape index (κ1) is 12.6. The SMILES string of the molecule is CC(Cc1ccco1)NC(=O)/C=C/c1cccs1. The predicted molar refractivity (Wildman–Crippen MR) is 73.4 cm³/mol. The van der Waals surface area contributed by atoms with E-state index in [9.17, 15) is 4.79 Å². The van der Waals surface area contributed by atoms with Gasteiger partial charge in [0.25, 0.3) is 0 Å². The van der Waals surface area contributed by atoms with Crippen LogP contribution in [-0.2, 0) is 11.2 Å². The molecular formula is C14H15NO2S. The van der Waals surface area contributed by atoms with Crippen LogP contribution in [0.1, 0.15) is 17.6 Å². The molecule has 0 aromatic carbocycles. The van der Waals surface area contributed by atoms with E-state index in [0.29, 0.717) is 6.42 Å². The maximum absolute atomic E-state index is 11.7. The minimum atomic E-state index is -0.0811. The summed E-state index contributed by atoms with van der Waals surface area (Å²) in [4.78, 5) is 12.7. The van der Waals surface area contributed by atoms with Gasteiger partial charge in [-0.2, -0.15) is 0 Å². The van der Waals surface area contributed by atoms with Crippen LogP contribution in [0.2, 0.25) is 0 Å². The maximum Gasteiger partial charge on any atom is 0.244 e. The highest BCUT2D eigenvalue weighted by Gasteiger charge is 2.07. The number of carbonyl (C=O) groups excluding carboxylic acids is 1. The van der Waals surface area contributed by atoms with Crippen molar-refractivity contribution in [2.45, 2.75) is 19.4 Å². The van der Waals surface area contributed by atoms with Crippen LogP contribution in [0, 0.1) is 0 Å². The Morgan fingerprint density at radius 1 is 1.50 bits per heavy atom. The van der Waals surface area contributed by atoms with Gasteiger partial charge in [-0.05, 0) is 36.6 Å². The number of nitrogens with one attached hydrogen (secondary N) is 1. The van der Waals surface area contributed by atoms with E-state index in [1.807, 2.05) is 42.6 Å². The van der Waals surface area contributed by atoms with Gasteiger partial charge in [-0.3, -0.25) is 4.79 Å². The highest BCUT2D eigenvalue weighted by molar-refractivity contribution is 7.10. The number of carbonyl (C=O) groups is 1. The third kappa shape index (κ3) is 3.89. The average molecular weight is 261 g/mol. The van der Waals surface area contributed by atoms with Gasteiger partial charge in [-0.1, -0.05) is 6.07 Å². The van der Waals surface area contributed by atoms with Gasteiger partial charge in [-0.15, -0.1) is 11.3 Å². The normalized spacial score (nSPS) is 12.7. The molecule has 4 heteroatoms. The zero-order valence-electron chi connectivity index (χ0n) is 10.1. The Morgan fingerprint density at radius 3 is 3.06 bits per heavy atom. The number of rotatable bonds is 5. The lowest BCUT2D eigenvalue weighted by Crippen LogP contribution is -2.32. The summed E-state index contributed by atoms with van der Waals surface area (Å²) in [5, 5.41) is 4.88. The predicted octanol–water partition coefficient (Wildman–Crippen LogP) is 3.10. The third-order valence-electron chi connectivity index (χ3n) is 2.42. The second-order valence-electron chi connectivity index (χ2n) is 4.04. The Labute approximate surface area is 110 Å². The summed E-state index contributed by atoms with van der Waals surface area (Å²) in [6.45, 7) is 1.96. The molecule has 1 atom stereocenters. The van der Waals surface area contributed by atoms with Crippen LogP contribution in [0.3, 0.4) is 0 Å². The fourth-order valence-corrected chi connectivity index (χ4v) is 2.23. The Morgan fingerprint density at radius 2 is 2.39 bits per heavy atom. The van der Waals surface area contributed by atoms with Gasteiger partial charge in [0, 0.05) is 23.4 Å². The van der Waals surface area contributed by atoms with E-state index in [1.165, 1.54) is 0 Å². The number of hydrogen-bond donors (Lipinski definition) is 1. The van der Waals surface area contributed by atoms with Crippen molar-refractivity contribution in [2.24, 2.45) is 0 Å². The molecule has 0 aliphatic heterocycles. The lowest BCUT2D eigenvalue weighted by molar-refractivity contribution is -0.117. The minimum absolute atomic E-state index is 0.0524. The monoisotopic (exact) mass is 261 g/mol. The van der Waals surface area contributed by atoms with Crippen LogP contribution >= 0.6 is 11.3 Å². The maximum atomic E-state index is 11.7. The van der Waals surface area contributed by atoms with Crippen LogP contribution in [0.25, 0.3) is 6.08 Å². The number of hydrogen-bond acceptors (Lipinski definition) is 3. The summed E-state index contributed by atoms with van der Waals surface area (Å²) < 4.78 is 5.24. The molecule has 0 bridgehead atoms. The highest BCUT2D eigenvalue weighted by atomic mass is 32.1. The van der Waals surface area contributed by atoms with Gasteiger partial charge < -0.3 is 9.73 Å². The summed E-state index contributed by atoms with van der Waals surface area (Å²) in [5.74, 6) is 0.799. The van der Waals surface area contributed by atoms with E-state index >= 15 is 0 Å². The Balaban J connectivity index is 1.80. The van der Waals surface area contributed by atoms with Crippen molar-refractivity contribution in [3.63, 3.8) is 0 Å². The van der Waals surface area contributed by atoms with E-state index in [-0.39, 0.29) is 11.9 Å². The van der Waals surface area contributed by atoms with E-state index in [1.54, 1.807) is 23.7 Å². The molecule has 2 aromatic heterocycles. The van der Waals surface area contributed by atoms with Crippen molar-refractivity contribution in [1.29, 1.82) is 0 Å². The first-order valence-electron chi connectivity index (χ1n) is 5.78. The smallest absolute Gasteiger partial charge is 0.244 e. The molecule has 0 radical (unpaired) electrons. The van der Waals surface area contributed by atoms with Gasteiger partial charge >= 0.3 is 0 Å². The van der Waals surface area contributed by atoms with Crippen molar-refractivity contribution < 1.29 is 9.21 Å². The summed E-state index contributed by atoms with van der Waals surface area (Å²) in [5.41, 5.74) is 0. The van der Waals surface area contributed by atoms with E-state index in [4.69, 9.17) is 4.42 Å². The molecule has 0 spiro atoms. The van der Waals surface area contributed by atoms with Crippen molar-refractivity contribution in [3.8, 4) is 0 Å². The van der Waals surface area contributed by atoms with Gasteiger partial charge in [0.2, 0.25) is 5.91 Å². The summed E-state index contributed by atoms with van der Waals surface area (Å²) in [7, 11) is 0. The van der Waals surface area contributed by atoms with Crippen molar-refractivity contribution in [2.75, 3.05) is 0 Å². The van der Waals surface area contributed by atoms with Crippen LogP contribution < -0.4 is 5.32 Å². The lowest BCUT2D eigenvalue weighted by Gasteiger charge is -2.10. The average Bonchev–Trinajstić information content (AvgIpc) is 2.98. The zero-order chi connectivity index (χ0) is 12.8. The minimum Gasteiger partial charge on any atom is -0.469 e. The first-order chi connectivity index (χ1) is 8.74. The molecule has 0 aliphatic carbocycles. The Kier molecular flexibility index (Phi) is 4.36. The second-order valence-corrected chi connectivity index (χ2v) is 5.02. The largest absolute Gasteiger partial charge is 0.469 e. The van der Waals surface area contributed by atoms with E-state index in [2.05, 4.69) is 5.32 Å². The highest BCUT2D eigenvalue weighted by Crippen LogP contribution is 2.10. The molecule has 18 heavy (non-hydrogen) atoms. The van der Waals surface area contributed by atoms with E-state index in [0.717, 1.165) is 10.6 Å². The standard InChI is InChI=1S/C14H15NO2S/c1-11(10-12-4-2-8-17-12)15-14(16)7-6-13-5-3-9-18-13/h2-9,11H,10H2,1H3,(H,15,16)/b7-6+. The molecule has 1 amide bonds. The molecule has 0 fully saturated rings. The number of amides is 1. The quantitative estimate of drug-likeness (QED) is 0.840. The van der Waals surface area contributed by atoms with E-state index < -0.39 is 0 Å². The van der Waals surface area contributed by atoms with Crippen molar-refractivity contribution in [1.82, 2.24) is 5.32 Å². The molecule has 0 saturated carbocycles. The van der Waals surface area contributed by atoms with Gasteiger partial charge in [0.15, 0.2) is 0 Å². The topological polar surface area (TPSA) is 42.2 Å². The van der Waals surface area contributed by atoms with Crippen molar-refractivity contribution in [3.05, 3.63) is 52.6 Å². The third-order valence-corrected chi connectivity index (χ3v) is 3.26. The Bertz CT molecular complexity index is 500. The molecular weight excluding hydrogens is 246 g/mol. The molecule has 1 unspecified atom stereocenters. The summed E-state index contributed by atoms with van der Waals surface area (Å²) >= 11 is 1.61. The second kappa shape index (κ2) is 6.21. The number of furan rings is 1. The summed E-state index contributed by atoms with van der Waals surface area (Å²) in [6.07, 6.45) is 5.72. The van der Waals surface area contributed by atoms with Crippen LogP contribution in [0.5, 0.6) is 0 Å². The molecule has 1 N–H and O–H groups in total. The first-order valence-corrected chi connectivity index (χ1v) is 6.66. The molecule has 0 saturated heterocycles. The van der Waals surface area contributed by atoms with Gasteiger partial charge in [0.05, 0.1) is 6.26 Å². The van der Waals surface area contributed by atoms with Gasteiger partial charge in [0.1, 0.15) is 5.76 Å². The molecule has 2 rings (SSSR count). The van der Waals surface area contributed by atoms with Crippen molar-refractivity contribution >= 4 is 23.3 Å².